The standard InChI is InChI=1S/C13H16N4/c1-9-6-10(2)8-11(7-9)17(3)13-5-4-12(14)15-16-13/h4-8H,1-3H3,(H2,14,15). The van der Waals surface area contributed by atoms with E-state index in [9.17, 15) is 0 Å². The summed E-state index contributed by atoms with van der Waals surface area (Å²) in [6.07, 6.45) is 0. The number of aryl methyl sites for hydroxylation is 2. The quantitative estimate of drug-likeness (QED) is 0.857. The van der Waals surface area contributed by atoms with Gasteiger partial charge in [0.1, 0.15) is 5.82 Å². The Bertz CT molecular complexity index is 499. The lowest BCUT2D eigenvalue weighted by Gasteiger charge is -2.18. The highest BCUT2D eigenvalue weighted by Crippen LogP contribution is 2.23. The molecule has 0 bridgehead atoms. The molecule has 0 spiro atoms. The van der Waals surface area contributed by atoms with Crippen molar-refractivity contribution < 1.29 is 0 Å². The lowest BCUT2D eigenvalue weighted by Crippen LogP contribution is -2.12. The molecule has 0 fully saturated rings. The maximum Gasteiger partial charge on any atom is 0.155 e. The van der Waals surface area contributed by atoms with Gasteiger partial charge >= 0.3 is 0 Å². The molecule has 0 unspecified atom stereocenters. The summed E-state index contributed by atoms with van der Waals surface area (Å²) in [5.41, 5.74) is 9.08. The van der Waals surface area contributed by atoms with Crippen LogP contribution in [0.1, 0.15) is 11.1 Å². The van der Waals surface area contributed by atoms with E-state index < -0.39 is 0 Å². The fraction of sp³-hybridized carbons (Fsp3) is 0.231. The van der Waals surface area contributed by atoms with Crippen LogP contribution in [-0.4, -0.2) is 17.2 Å². The van der Waals surface area contributed by atoms with Crippen LogP contribution in [0, 0.1) is 13.8 Å². The maximum absolute atomic E-state index is 5.52. The molecule has 4 heteroatoms. The van der Waals surface area contributed by atoms with Crippen LogP contribution in [0.4, 0.5) is 17.3 Å². The van der Waals surface area contributed by atoms with Crippen LogP contribution < -0.4 is 10.6 Å². The molecule has 2 aromatic rings. The van der Waals surface area contributed by atoms with Gasteiger partial charge in [0, 0.05) is 12.7 Å². The van der Waals surface area contributed by atoms with E-state index in [4.69, 9.17) is 5.73 Å². The first-order chi connectivity index (χ1) is 8.06. The van der Waals surface area contributed by atoms with Crippen LogP contribution >= 0.6 is 0 Å². The second kappa shape index (κ2) is 4.41. The van der Waals surface area contributed by atoms with E-state index in [0.717, 1.165) is 11.5 Å². The second-order valence-corrected chi connectivity index (χ2v) is 4.22. The van der Waals surface area contributed by atoms with E-state index in [0.29, 0.717) is 5.82 Å². The average molecular weight is 228 g/mol. The average Bonchev–Trinajstić information content (AvgIpc) is 2.28. The molecule has 1 aromatic heterocycles. The van der Waals surface area contributed by atoms with Crippen LogP contribution in [-0.2, 0) is 0 Å². The molecule has 0 aliphatic heterocycles. The first kappa shape index (κ1) is 11.4. The number of nitrogen functional groups attached to an aromatic ring is 1. The molecule has 0 amide bonds. The van der Waals surface area contributed by atoms with E-state index in [1.165, 1.54) is 11.1 Å². The summed E-state index contributed by atoms with van der Waals surface area (Å²) in [6, 6.07) is 9.99. The van der Waals surface area contributed by atoms with Crippen LogP contribution in [0.2, 0.25) is 0 Å². The summed E-state index contributed by atoms with van der Waals surface area (Å²) in [4.78, 5) is 1.99. The van der Waals surface area contributed by atoms with Crippen molar-refractivity contribution in [3.05, 3.63) is 41.5 Å². The number of benzene rings is 1. The van der Waals surface area contributed by atoms with Crippen molar-refractivity contribution in [3.8, 4) is 0 Å². The van der Waals surface area contributed by atoms with Gasteiger partial charge in [0.25, 0.3) is 0 Å². The van der Waals surface area contributed by atoms with E-state index in [2.05, 4.69) is 42.2 Å². The lowest BCUT2D eigenvalue weighted by atomic mass is 10.1. The van der Waals surface area contributed by atoms with Crippen molar-refractivity contribution in [2.24, 2.45) is 0 Å². The summed E-state index contributed by atoms with van der Waals surface area (Å²) in [5.74, 6) is 1.21. The third kappa shape index (κ3) is 2.53. The number of nitrogens with two attached hydrogens (primary N) is 1. The molecule has 2 N–H and O–H groups in total. The summed E-state index contributed by atoms with van der Waals surface area (Å²) in [6.45, 7) is 4.16. The molecular weight excluding hydrogens is 212 g/mol. The van der Waals surface area contributed by atoms with Crippen LogP contribution in [0.25, 0.3) is 0 Å². The summed E-state index contributed by atoms with van der Waals surface area (Å²) in [5, 5.41) is 7.92. The molecule has 0 aliphatic carbocycles. The highest BCUT2D eigenvalue weighted by atomic mass is 15.3. The van der Waals surface area contributed by atoms with Gasteiger partial charge in [-0.3, -0.25) is 0 Å². The van der Waals surface area contributed by atoms with Crippen molar-refractivity contribution in [3.63, 3.8) is 0 Å². The largest absolute Gasteiger partial charge is 0.382 e. The highest BCUT2D eigenvalue weighted by Gasteiger charge is 2.06. The Morgan fingerprint density at radius 2 is 1.65 bits per heavy atom. The number of hydrogen-bond donors (Lipinski definition) is 1. The van der Waals surface area contributed by atoms with E-state index >= 15 is 0 Å². The van der Waals surface area contributed by atoms with E-state index in [-0.39, 0.29) is 0 Å². The predicted molar refractivity (Wildman–Crippen MR) is 70.4 cm³/mol. The molecular formula is C13H16N4. The first-order valence-electron chi connectivity index (χ1n) is 5.47. The Morgan fingerprint density at radius 3 is 2.18 bits per heavy atom. The smallest absolute Gasteiger partial charge is 0.155 e. The second-order valence-electron chi connectivity index (χ2n) is 4.22. The van der Waals surface area contributed by atoms with Crippen molar-refractivity contribution in [1.29, 1.82) is 0 Å². The Kier molecular flexibility index (Phi) is 2.95. The topological polar surface area (TPSA) is 55.0 Å². The molecule has 1 heterocycles. The van der Waals surface area contributed by atoms with Crippen molar-refractivity contribution >= 4 is 17.3 Å². The van der Waals surface area contributed by atoms with Gasteiger partial charge in [-0.25, -0.2) is 0 Å². The monoisotopic (exact) mass is 228 g/mol. The van der Waals surface area contributed by atoms with Gasteiger partial charge in [0.2, 0.25) is 0 Å². The molecule has 17 heavy (non-hydrogen) atoms. The molecule has 2 rings (SSSR count). The fourth-order valence-corrected chi connectivity index (χ4v) is 1.79. The van der Waals surface area contributed by atoms with Gasteiger partial charge < -0.3 is 10.6 Å². The molecule has 0 aliphatic rings. The maximum atomic E-state index is 5.52. The summed E-state index contributed by atoms with van der Waals surface area (Å²) in [7, 11) is 1.97. The molecule has 0 atom stereocenters. The molecule has 0 saturated carbocycles. The molecule has 1 aromatic carbocycles. The number of rotatable bonds is 2. The van der Waals surface area contributed by atoms with Crippen LogP contribution in [0.5, 0.6) is 0 Å². The van der Waals surface area contributed by atoms with E-state index in [1.54, 1.807) is 6.07 Å². The van der Waals surface area contributed by atoms with Crippen molar-refractivity contribution in [2.75, 3.05) is 17.7 Å². The minimum absolute atomic E-state index is 0.433. The van der Waals surface area contributed by atoms with Crippen LogP contribution in [0.3, 0.4) is 0 Å². The molecule has 0 saturated heterocycles. The first-order valence-corrected chi connectivity index (χ1v) is 5.47. The molecule has 4 nitrogen and oxygen atoms in total. The zero-order valence-electron chi connectivity index (χ0n) is 10.3. The minimum Gasteiger partial charge on any atom is -0.382 e. The Hall–Kier alpha value is -2.10. The van der Waals surface area contributed by atoms with Gasteiger partial charge in [-0.05, 0) is 49.2 Å². The zero-order chi connectivity index (χ0) is 12.4. The SMILES string of the molecule is Cc1cc(C)cc(N(C)c2ccc(N)nn2)c1. The number of aromatic nitrogens is 2. The zero-order valence-corrected chi connectivity index (χ0v) is 10.3. The normalized spacial score (nSPS) is 10.3. The molecule has 88 valence electrons. The minimum atomic E-state index is 0.433. The third-order valence-corrected chi connectivity index (χ3v) is 2.61. The van der Waals surface area contributed by atoms with Gasteiger partial charge in [-0.1, -0.05) is 6.07 Å². The van der Waals surface area contributed by atoms with E-state index in [1.807, 2.05) is 18.0 Å². The van der Waals surface area contributed by atoms with Crippen molar-refractivity contribution in [1.82, 2.24) is 10.2 Å². The van der Waals surface area contributed by atoms with Gasteiger partial charge in [0.05, 0.1) is 0 Å². The number of anilines is 3. The molecule has 0 radical (unpaired) electrons. The Balaban J connectivity index is 2.36. The Morgan fingerprint density at radius 1 is 1.00 bits per heavy atom. The number of hydrogen-bond acceptors (Lipinski definition) is 4. The third-order valence-electron chi connectivity index (χ3n) is 2.61. The number of nitrogens with zero attached hydrogens (tertiary/aromatic N) is 3. The van der Waals surface area contributed by atoms with Crippen LogP contribution in [0.15, 0.2) is 30.3 Å². The predicted octanol–water partition coefficient (Wildman–Crippen LogP) is 2.44. The Labute approximate surface area is 101 Å². The highest BCUT2D eigenvalue weighted by molar-refractivity contribution is 5.61. The summed E-state index contributed by atoms with van der Waals surface area (Å²) < 4.78 is 0. The lowest BCUT2D eigenvalue weighted by molar-refractivity contribution is 0.994. The fourth-order valence-electron chi connectivity index (χ4n) is 1.79. The van der Waals surface area contributed by atoms with Gasteiger partial charge in [-0.15, -0.1) is 10.2 Å². The van der Waals surface area contributed by atoms with Gasteiger partial charge in [-0.2, -0.15) is 0 Å². The van der Waals surface area contributed by atoms with Gasteiger partial charge in [0.15, 0.2) is 5.82 Å². The summed E-state index contributed by atoms with van der Waals surface area (Å²) >= 11 is 0. The van der Waals surface area contributed by atoms with Crippen molar-refractivity contribution in [2.45, 2.75) is 13.8 Å².